The van der Waals surface area contributed by atoms with Crippen LogP contribution in [-0.2, 0) is 0 Å². The quantitative estimate of drug-likeness (QED) is 0.515. The fourth-order valence-corrected chi connectivity index (χ4v) is 3.24. The van der Waals surface area contributed by atoms with Crippen molar-refractivity contribution >= 4 is 0 Å². The highest BCUT2D eigenvalue weighted by molar-refractivity contribution is 5.08. The van der Waals surface area contributed by atoms with Gasteiger partial charge in [0.15, 0.2) is 0 Å². The van der Waals surface area contributed by atoms with E-state index in [4.69, 9.17) is 0 Å². The van der Waals surface area contributed by atoms with Crippen LogP contribution in [0.15, 0.2) is 11.6 Å². The molecule has 2 aliphatic carbocycles. The molecular formula is C15H26. The Kier molecular flexibility index (Phi) is 4.76. The second kappa shape index (κ2) is 6.35. The zero-order valence-corrected chi connectivity index (χ0v) is 10.1. The van der Waals surface area contributed by atoms with E-state index in [1.807, 2.05) is 5.57 Å². The number of allylic oxidation sites excluding steroid dienone is 2. The van der Waals surface area contributed by atoms with E-state index in [0.29, 0.717) is 0 Å². The van der Waals surface area contributed by atoms with Crippen LogP contribution in [0.25, 0.3) is 0 Å². The summed E-state index contributed by atoms with van der Waals surface area (Å²) in [6.07, 6.45) is 20.2. The van der Waals surface area contributed by atoms with Gasteiger partial charge in [-0.1, -0.05) is 50.2 Å². The molecule has 0 bridgehead atoms. The molecule has 0 aliphatic heterocycles. The van der Waals surface area contributed by atoms with Gasteiger partial charge in [0, 0.05) is 0 Å². The van der Waals surface area contributed by atoms with Gasteiger partial charge in [0.25, 0.3) is 0 Å². The fourth-order valence-electron chi connectivity index (χ4n) is 3.24. The summed E-state index contributed by atoms with van der Waals surface area (Å²) in [5.41, 5.74) is 1.84. The van der Waals surface area contributed by atoms with Gasteiger partial charge < -0.3 is 0 Å². The lowest BCUT2D eigenvalue weighted by Crippen LogP contribution is -2.09. The molecule has 0 aromatic heterocycles. The van der Waals surface area contributed by atoms with Gasteiger partial charge in [0.1, 0.15) is 0 Å². The summed E-state index contributed by atoms with van der Waals surface area (Å²) in [6, 6.07) is 0. The van der Waals surface area contributed by atoms with Crippen molar-refractivity contribution in [3.63, 3.8) is 0 Å². The summed E-state index contributed by atoms with van der Waals surface area (Å²) >= 11 is 0. The van der Waals surface area contributed by atoms with Crippen LogP contribution in [0.4, 0.5) is 0 Å². The molecule has 0 aromatic carbocycles. The van der Waals surface area contributed by atoms with Gasteiger partial charge in [-0.3, -0.25) is 0 Å². The molecule has 0 radical (unpaired) electrons. The molecular weight excluding hydrogens is 180 g/mol. The van der Waals surface area contributed by atoms with Crippen molar-refractivity contribution in [1.82, 2.24) is 0 Å². The Bertz CT molecular complexity index is 196. The first-order valence-corrected chi connectivity index (χ1v) is 7.16. The monoisotopic (exact) mass is 206 g/mol. The standard InChI is InChI=1S/C15H26/c1-2-4-7-11-14(10-6-3-1)15-12-8-5-9-13-15/h10,15H,1-9,11-13H2. The van der Waals surface area contributed by atoms with Crippen LogP contribution in [-0.4, -0.2) is 0 Å². The molecule has 1 saturated carbocycles. The predicted octanol–water partition coefficient (Wildman–Crippen LogP) is 5.24. The molecule has 1 fully saturated rings. The fraction of sp³-hybridized carbons (Fsp3) is 0.867. The van der Waals surface area contributed by atoms with Crippen molar-refractivity contribution in [2.24, 2.45) is 5.92 Å². The van der Waals surface area contributed by atoms with Crippen molar-refractivity contribution in [1.29, 1.82) is 0 Å². The Labute approximate surface area is 95.1 Å². The average molecular weight is 206 g/mol. The number of hydrogen-bond acceptors (Lipinski definition) is 0. The average Bonchev–Trinajstić information content (AvgIpc) is 2.43. The third-order valence-electron chi connectivity index (χ3n) is 4.21. The van der Waals surface area contributed by atoms with E-state index in [2.05, 4.69) is 6.08 Å². The van der Waals surface area contributed by atoms with E-state index < -0.39 is 0 Å². The maximum atomic E-state index is 2.61. The summed E-state index contributed by atoms with van der Waals surface area (Å²) in [7, 11) is 0. The summed E-state index contributed by atoms with van der Waals surface area (Å²) < 4.78 is 0. The van der Waals surface area contributed by atoms with Crippen LogP contribution < -0.4 is 0 Å². The van der Waals surface area contributed by atoms with Gasteiger partial charge >= 0.3 is 0 Å². The summed E-state index contributed by atoms with van der Waals surface area (Å²) in [5, 5.41) is 0. The third kappa shape index (κ3) is 3.66. The third-order valence-corrected chi connectivity index (χ3v) is 4.21. The van der Waals surface area contributed by atoms with Crippen LogP contribution in [0.5, 0.6) is 0 Å². The summed E-state index contributed by atoms with van der Waals surface area (Å²) in [4.78, 5) is 0. The Morgan fingerprint density at radius 1 is 0.733 bits per heavy atom. The lowest BCUT2D eigenvalue weighted by Gasteiger charge is -2.24. The molecule has 2 rings (SSSR count). The highest BCUT2D eigenvalue weighted by Crippen LogP contribution is 2.33. The summed E-state index contributed by atoms with van der Waals surface area (Å²) in [5.74, 6) is 0.983. The molecule has 15 heavy (non-hydrogen) atoms. The molecule has 0 unspecified atom stereocenters. The molecule has 0 aromatic rings. The molecule has 0 heteroatoms. The highest BCUT2D eigenvalue weighted by atomic mass is 14.2. The van der Waals surface area contributed by atoms with Gasteiger partial charge in [0.2, 0.25) is 0 Å². The largest absolute Gasteiger partial charge is 0.0851 e. The Hall–Kier alpha value is -0.260. The van der Waals surface area contributed by atoms with Gasteiger partial charge in [-0.15, -0.1) is 0 Å². The first-order valence-electron chi connectivity index (χ1n) is 7.16. The van der Waals surface area contributed by atoms with E-state index in [-0.39, 0.29) is 0 Å². The minimum absolute atomic E-state index is 0.983. The van der Waals surface area contributed by atoms with Gasteiger partial charge in [-0.2, -0.15) is 0 Å². The molecule has 0 heterocycles. The van der Waals surface area contributed by atoms with Gasteiger partial charge in [-0.25, -0.2) is 0 Å². The minimum atomic E-state index is 0.983. The molecule has 2 aliphatic rings. The molecule has 0 saturated heterocycles. The lowest BCUT2D eigenvalue weighted by atomic mass is 9.81. The minimum Gasteiger partial charge on any atom is -0.0851 e. The van der Waals surface area contributed by atoms with Crippen molar-refractivity contribution in [3.8, 4) is 0 Å². The van der Waals surface area contributed by atoms with Gasteiger partial charge in [0.05, 0.1) is 0 Å². The second-order valence-corrected chi connectivity index (χ2v) is 5.42. The Morgan fingerprint density at radius 2 is 1.40 bits per heavy atom. The second-order valence-electron chi connectivity index (χ2n) is 5.42. The highest BCUT2D eigenvalue weighted by Gasteiger charge is 2.17. The molecule has 0 spiro atoms. The van der Waals surface area contributed by atoms with E-state index in [9.17, 15) is 0 Å². The zero-order valence-electron chi connectivity index (χ0n) is 10.1. The molecule has 0 nitrogen and oxygen atoms in total. The first kappa shape index (κ1) is 11.2. The Balaban J connectivity index is 1.90. The molecule has 0 atom stereocenters. The zero-order chi connectivity index (χ0) is 10.3. The van der Waals surface area contributed by atoms with E-state index in [1.54, 1.807) is 0 Å². The van der Waals surface area contributed by atoms with Crippen LogP contribution in [0, 0.1) is 5.92 Å². The topological polar surface area (TPSA) is 0 Å². The van der Waals surface area contributed by atoms with Crippen molar-refractivity contribution in [3.05, 3.63) is 11.6 Å². The molecule has 86 valence electrons. The van der Waals surface area contributed by atoms with Crippen molar-refractivity contribution in [2.45, 2.75) is 77.0 Å². The van der Waals surface area contributed by atoms with Crippen LogP contribution >= 0.6 is 0 Å². The Morgan fingerprint density at radius 3 is 2.27 bits per heavy atom. The van der Waals surface area contributed by atoms with Gasteiger partial charge in [-0.05, 0) is 44.4 Å². The lowest BCUT2D eigenvalue weighted by molar-refractivity contribution is 0.392. The van der Waals surface area contributed by atoms with E-state index in [1.165, 1.54) is 77.0 Å². The number of rotatable bonds is 1. The van der Waals surface area contributed by atoms with Crippen molar-refractivity contribution in [2.75, 3.05) is 0 Å². The van der Waals surface area contributed by atoms with Crippen LogP contribution in [0.3, 0.4) is 0 Å². The first-order chi connectivity index (χ1) is 7.47. The maximum absolute atomic E-state index is 2.61. The smallest absolute Gasteiger partial charge is 0.0203 e. The van der Waals surface area contributed by atoms with Crippen LogP contribution in [0.2, 0.25) is 0 Å². The molecule has 0 amide bonds. The SMILES string of the molecule is C1=C(C2CCCCC2)CCCCCCC1. The maximum Gasteiger partial charge on any atom is -0.0203 e. The predicted molar refractivity (Wildman–Crippen MR) is 67.0 cm³/mol. The van der Waals surface area contributed by atoms with E-state index in [0.717, 1.165) is 5.92 Å². The van der Waals surface area contributed by atoms with Crippen LogP contribution in [0.1, 0.15) is 77.0 Å². The number of hydrogen-bond donors (Lipinski definition) is 0. The van der Waals surface area contributed by atoms with Crippen molar-refractivity contribution < 1.29 is 0 Å². The summed E-state index contributed by atoms with van der Waals surface area (Å²) in [6.45, 7) is 0. The van der Waals surface area contributed by atoms with E-state index >= 15 is 0 Å². The normalized spacial score (nSPS) is 26.3. The molecule has 0 N–H and O–H groups in total.